The van der Waals surface area contributed by atoms with Crippen LogP contribution in [0.1, 0.15) is 31.8 Å². The zero-order valence-corrected chi connectivity index (χ0v) is 21.9. The molecule has 40 heavy (non-hydrogen) atoms. The van der Waals surface area contributed by atoms with E-state index in [0.717, 1.165) is 5.56 Å². The van der Waals surface area contributed by atoms with Gasteiger partial charge in [0.15, 0.2) is 0 Å². The van der Waals surface area contributed by atoms with Crippen molar-refractivity contribution in [2.24, 2.45) is 5.10 Å². The molecule has 4 aromatic rings. The highest BCUT2D eigenvalue weighted by Crippen LogP contribution is 2.19. The lowest BCUT2D eigenvalue weighted by atomic mass is 10.1. The summed E-state index contributed by atoms with van der Waals surface area (Å²) in [6.45, 7) is 1.93. The van der Waals surface area contributed by atoms with Crippen molar-refractivity contribution in [1.82, 2.24) is 5.43 Å². The maximum absolute atomic E-state index is 12.7. The van der Waals surface area contributed by atoms with Gasteiger partial charge in [-0.1, -0.05) is 41.4 Å². The number of hydrazone groups is 1. The first-order valence-corrected chi connectivity index (χ1v) is 12.4. The average molecular weight is 555 g/mol. The number of esters is 1. The highest BCUT2D eigenvalue weighted by Gasteiger charge is 2.18. The number of hydrogen-bond acceptors (Lipinski definition) is 6. The number of nitrogens with zero attached hydrogens (tertiary/aromatic N) is 1. The first-order valence-electron chi connectivity index (χ1n) is 12.0. The Balaban J connectivity index is 1.30. The second kappa shape index (κ2) is 13.0. The van der Waals surface area contributed by atoms with Crippen molar-refractivity contribution in [1.29, 1.82) is 0 Å². The minimum absolute atomic E-state index is 0.147. The summed E-state index contributed by atoms with van der Waals surface area (Å²) in [5.41, 5.74) is 5.01. The van der Waals surface area contributed by atoms with Crippen molar-refractivity contribution in [2.45, 2.75) is 6.92 Å². The van der Waals surface area contributed by atoms with Crippen LogP contribution in [0.15, 0.2) is 102 Å². The molecule has 0 saturated carbocycles. The highest BCUT2D eigenvalue weighted by atomic mass is 35.5. The standard InChI is InChI=1S/C30H23ClN4O5/c1-19-6-10-21(11-7-19)30(39)40-24-16-8-20(9-17-24)18-32-35-29(38)28(37)34-26-5-3-2-4-25(26)27(36)33-23-14-12-22(31)13-15-23/h2-18H,1H3,(H,33,36)(H,34,37)(H,35,38). The molecule has 0 aliphatic rings. The number of halogens is 1. The molecule has 0 aromatic heterocycles. The number of rotatable bonds is 7. The minimum Gasteiger partial charge on any atom is -0.423 e. The lowest BCUT2D eigenvalue weighted by Gasteiger charge is -2.11. The van der Waals surface area contributed by atoms with Crippen molar-refractivity contribution in [3.63, 3.8) is 0 Å². The molecule has 3 N–H and O–H groups in total. The molecule has 0 heterocycles. The van der Waals surface area contributed by atoms with E-state index in [1.165, 1.54) is 18.3 Å². The molecule has 0 fully saturated rings. The normalized spacial score (nSPS) is 10.6. The van der Waals surface area contributed by atoms with Gasteiger partial charge in [-0.3, -0.25) is 14.4 Å². The smallest absolute Gasteiger partial charge is 0.343 e. The van der Waals surface area contributed by atoms with Crippen LogP contribution in [0.2, 0.25) is 5.02 Å². The Kier molecular flexibility index (Phi) is 9.01. The van der Waals surface area contributed by atoms with Crippen LogP contribution in [-0.2, 0) is 9.59 Å². The van der Waals surface area contributed by atoms with Crippen LogP contribution < -0.4 is 20.8 Å². The minimum atomic E-state index is -1.03. The van der Waals surface area contributed by atoms with E-state index in [4.69, 9.17) is 16.3 Å². The zero-order chi connectivity index (χ0) is 28.5. The molecule has 9 nitrogen and oxygen atoms in total. The predicted octanol–water partition coefficient (Wildman–Crippen LogP) is 5.21. The topological polar surface area (TPSA) is 126 Å². The van der Waals surface area contributed by atoms with Crippen molar-refractivity contribution in [2.75, 3.05) is 10.6 Å². The molecule has 3 amide bonds. The molecular formula is C30H23ClN4O5. The zero-order valence-electron chi connectivity index (χ0n) is 21.2. The number of anilines is 2. The van der Waals surface area contributed by atoms with Gasteiger partial charge in [-0.15, -0.1) is 0 Å². The van der Waals surface area contributed by atoms with Crippen LogP contribution >= 0.6 is 11.6 Å². The van der Waals surface area contributed by atoms with Gasteiger partial charge >= 0.3 is 17.8 Å². The Morgan fingerprint density at radius 2 is 1.45 bits per heavy atom. The predicted molar refractivity (Wildman–Crippen MR) is 153 cm³/mol. The summed E-state index contributed by atoms with van der Waals surface area (Å²) in [7, 11) is 0. The largest absolute Gasteiger partial charge is 0.423 e. The molecule has 0 spiro atoms. The molecule has 0 aliphatic heterocycles. The summed E-state index contributed by atoms with van der Waals surface area (Å²) < 4.78 is 5.35. The first kappa shape index (κ1) is 27.7. The number of carbonyl (C=O) groups is 4. The van der Waals surface area contributed by atoms with E-state index in [1.807, 2.05) is 19.1 Å². The van der Waals surface area contributed by atoms with Gasteiger partial charge in [0.2, 0.25) is 0 Å². The van der Waals surface area contributed by atoms with Gasteiger partial charge in [0.25, 0.3) is 5.91 Å². The molecule has 200 valence electrons. The van der Waals surface area contributed by atoms with E-state index < -0.39 is 23.7 Å². The molecule has 0 bridgehead atoms. The molecule has 0 unspecified atom stereocenters. The van der Waals surface area contributed by atoms with Gasteiger partial charge in [-0.05, 0) is 85.3 Å². The second-order valence-electron chi connectivity index (χ2n) is 8.48. The van der Waals surface area contributed by atoms with Gasteiger partial charge in [0, 0.05) is 10.7 Å². The summed E-state index contributed by atoms with van der Waals surface area (Å²) in [4.78, 5) is 49.6. The van der Waals surface area contributed by atoms with Crippen LogP contribution in [0, 0.1) is 6.92 Å². The Morgan fingerprint density at radius 3 is 2.15 bits per heavy atom. The molecule has 0 atom stereocenters. The Morgan fingerprint density at radius 1 is 0.775 bits per heavy atom. The molecule has 0 saturated heterocycles. The van der Waals surface area contributed by atoms with Crippen molar-refractivity contribution >= 4 is 52.9 Å². The Labute approximate surface area is 234 Å². The Hall–Kier alpha value is -5.28. The number of amides is 3. The number of nitrogens with one attached hydrogen (secondary N) is 3. The van der Waals surface area contributed by atoms with Crippen LogP contribution in [-0.4, -0.2) is 29.9 Å². The third-order valence-corrected chi connectivity index (χ3v) is 5.74. The van der Waals surface area contributed by atoms with E-state index in [2.05, 4.69) is 21.2 Å². The van der Waals surface area contributed by atoms with Gasteiger partial charge < -0.3 is 15.4 Å². The van der Waals surface area contributed by atoms with Gasteiger partial charge in [-0.25, -0.2) is 10.2 Å². The average Bonchev–Trinajstić information content (AvgIpc) is 2.95. The van der Waals surface area contributed by atoms with Gasteiger partial charge in [0.1, 0.15) is 5.75 Å². The number of carbonyl (C=O) groups excluding carboxylic acids is 4. The summed E-state index contributed by atoms with van der Waals surface area (Å²) in [6.07, 6.45) is 1.32. The lowest BCUT2D eigenvalue weighted by molar-refractivity contribution is -0.136. The molecule has 4 rings (SSSR count). The third kappa shape index (κ3) is 7.62. The number of para-hydroxylation sites is 1. The maximum Gasteiger partial charge on any atom is 0.343 e. The fraction of sp³-hybridized carbons (Fsp3) is 0.0333. The monoisotopic (exact) mass is 554 g/mol. The van der Waals surface area contributed by atoms with Crippen LogP contribution in [0.3, 0.4) is 0 Å². The fourth-order valence-electron chi connectivity index (χ4n) is 3.39. The number of aryl methyl sites for hydroxylation is 1. The quantitative estimate of drug-likeness (QED) is 0.0950. The summed E-state index contributed by atoms with van der Waals surface area (Å²) in [5, 5.41) is 9.44. The van der Waals surface area contributed by atoms with Crippen molar-refractivity contribution in [3.8, 4) is 5.75 Å². The van der Waals surface area contributed by atoms with E-state index >= 15 is 0 Å². The van der Waals surface area contributed by atoms with Crippen molar-refractivity contribution in [3.05, 3.63) is 124 Å². The lowest BCUT2D eigenvalue weighted by Crippen LogP contribution is -2.33. The third-order valence-electron chi connectivity index (χ3n) is 5.49. The maximum atomic E-state index is 12.7. The molecule has 10 heteroatoms. The van der Waals surface area contributed by atoms with Crippen LogP contribution in [0.4, 0.5) is 11.4 Å². The SMILES string of the molecule is Cc1ccc(C(=O)Oc2ccc(C=NNC(=O)C(=O)Nc3ccccc3C(=O)Nc3ccc(Cl)cc3)cc2)cc1. The number of ether oxygens (including phenoxy) is 1. The summed E-state index contributed by atoms with van der Waals surface area (Å²) in [6, 6.07) is 26.2. The Bertz CT molecular complexity index is 1570. The van der Waals surface area contributed by atoms with Crippen LogP contribution in [0.25, 0.3) is 0 Å². The number of benzene rings is 4. The van der Waals surface area contributed by atoms with E-state index in [9.17, 15) is 19.2 Å². The van der Waals surface area contributed by atoms with E-state index in [-0.39, 0.29) is 11.3 Å². The van der Waals surface area contributed by atoms with E-state index in [0.29, 0.717) is 27.6 Å². The summed E-state index contributed by atoms with van der Waals surface area (Å²) >= 11 is 5.87. The number of hydrogen-bond donors (Lipinski definition) is 3. The molecule has 0 radical (unpaired) electrons. The van der Waals surface area contributed by atoms with Gasteiger partial charge in [-0.2, -0.15) is 5.10 Å². The second-order valence-corrected chi connectivity index (χ2v) is 8.92. The van der Waals surface area contributed by atoms with Crippen molar-refractivity contribution < 1.29 is 23.9 Å². The molecular weight excluding hydrogens is 532 g/mol. The summed E-state index contributed by atoms with van der Waals surface area (Å²) in [5.74, 6) is -2.67. The van der Waals surface area contributed by atoms with Crippen LogP contribution in [0.5, 0.6) is 5.75 Å². The fourth-order valence-corrected chi connectivity index (χ4v) is 3.52. The van der Waals surface area contributed by atoms with Gasteiger partial charge in [0.05, 0.1) is 23.0 Å². The highest BCUT2D eigenvalue weighted by molar-refractivity contribution is 6.40. The van der Waals surface area contributed by atoms with E-state index in [1.54, 1.807) is 72.8 Å². The molecule has 4 aromatic carbocycles. The molecule has 0 aliphatic carbocycles. The first-order chi connectivity index (χ1) is 19.3.